The zero-order valence-electron chi connectivity index (χ0n) is 17.0. The van der Waals surface area contributed by atoms with Crippen LogP contribution in [0.4, 0.5) is 0 Å². The van der Waals surface area contributed by atoms with Crippen molar-refractivity contribution in [2.75, 3.05) is 66.6 Å². The maximum Gasteiger partial charge on any atom is 0.191 e. The van der Waals surface area contributed by atoms with Gasteiger partial charge in [-0.05, 0) is 64.2 Å². The molecule has 0 spiro atoms. The number of rotatable bonds is 9. The molecule has 1 atom stereocenters. The fourth-order valence-corrected chi connectivity index (χ4v) is 3.86. The molecule has 7 heteroatoms. The third-order valence-corrected chi connectivity index (χ3v) is 5.63. The number of piperidine rings is 1. The molecule has 0 radical (unpaired) electrons. The Bertz CT molecular complexity index is 388. The number of aliphatic imine (C=N–C) groups is 1. The lowest BCUT2D eigenvalue weighted by Gasteiger charge is -2.30. The van der Waals surface area contributed by atoms with Crippen molar-refractivity contribution in [1.82, 2.24) is 20.4 Å². The molecule has 2 heterocycles. The normalized spacial score (nSPS) is 23.0. The first-order valence-corrected chi connectivity index (χ1v) is 10.1. The number of guanidine groups is 1. The van der Waals surface area contributed by atoms with Gasteiger partial charge >= 0.3 is 0 Å². The number of methoxy groups -OCH3 is 1. The van der Waals surface area contributed by atoms with Crippen LogP contribution >= 0.6 is 24.0 Å². The van der Waals surface area contributed by atoms with E-state index in [2.05, 4.69) is 32.3 Å². The fraction of sp³-hybridized carbons (Fsp3) is 0.947. The monoisotopic (exact) mass is 481 g/mol. The molecular weight excluding hydrogens is 441 g/mol. The van der Waals surface area contributed by atoms with Gasteiger partial charge in [0.05, 0.1) is 6.61 Å². The Kier molecular flexibility index (Phi) is 12.8. The van der Waals surface area contributed by atoms with Crippen molar-refractivity contribution < 1.29 is 4.74 Å². The first kappa shape index (κ1) is 23.9. The van der Waals surface area contributed by atoms with E-state index >= 15 is 0 Å². The zero-order valence-corrected chi connectivity index (χ0v) is 19.3. The molecule has 2 rings (SSSR count). The van der Waals surface area contributed by atoms with Crippen LogP contribution in [-0.4, -0.2) is 88.4 Å². The molecule has 2 saturated heterocycles. The third-order valence-electron chi connectivity index (χ3n) is 5.63. The largest absolute Gasteiger partial charge is 0.383 e. The van der Waals surface area contributed by atoms with Crippen LogP contribution in [0.5, 0.6) is 0 Å². The number of likely N-dealkylation sites (tertiary alicyclic amines) is 2. The number of nitrogens with zero attached hydrogens (tertiary/aromatic N) is 3. The minimum atomic E-state index is 0. The Morgan fingerprint density at radius 2 is 1.88 bits per heavy atom. The van der Waals surface area contributed by atoms with Gasteiger partial charge in [0.15, 0.2) is 5.96 Å². The summed E-state index contributed by atoms with van der Waals surface area (Å²) in [6, 6.07) is 0.601. The molecule has 0 aliphatic carbocycles. The number of hydrogen-bond acceptors (Lipinski definition) is 4. The van der Waals surface area contributed by atoms with E-state index < -0.39 is 0 Å². The molecule has 6 nitrogen and oxygen atoms in total. The molecule has 154 valence electrons. The molecule has 0 amide bonds. The maximum atomic E-state index is 5.22. The quantitative estimate of drug-likeness (QED) is 0.229. The highest BCUT2D eigenvalue weighted by atomic mass is 127. The lowest BCUT2D eigenvalue weighted by Crippen LogP contribution is -2.46. The van der Waals surface area contributed by atoms with Gasteiger partial charge in [0.1, 0.15) is 0 Å². The molecule has 1 unspecified atom stereocenters. The number of halogens is 1. The van der Waals surface area contributed by atoms with E-state index in [1.807, 2.05) is 7.05 Å². The molecule has 2 fully saturated rings. The van der Waals surface area contributed by atoms with E-state index in [1.54, 1.807) is 7.11 Å². The van der Waals surface area contributed by atoms with Gasteiger partial charge in [-0.25, -0.2) is 0 Å². The van der Waals surface area contributed by atoms with Crippen LogP contribution in [0.25, 0.3) is 0 Å². The number of hydrogen-bond donors (Lipinski definition) is 2. The van der Waals surface area contributed by atoms with Gasteiger partial charge in [0, 0.05) is 39.8 Å². The molecule has 26 heavy (non-hydrogen) atoms. The van der Waals surface area contributed by atoms with Gasteiger partial charge in [0.25, 0.3) is 0 Å². The predicted octanol–water partition coefficient (Wildman–Crippen LogP) is 2.00. The van der Waals surface area contributed by atoms with Crippen molar-refractivity contribution in [3.63, 3.8) is 0 Å². The van der Waals surface area contributed by atoms with E-state index in [0.717, 1.165) is 38.1 Å². The predicted molar refractivity (Wildman–Crippen MR) is 121 cm³/mol. The molecule has 0 saturated carbocycles. The molecule has 2 aliphatic rings. The summed E-state index contributed by atoms with van der Waals surface area (Å²) in [6.07, 6.45) is 6.45. The summed E-state index contributed by atoms with van der Waals surface area (Å²) in [7, 11) is 3.64. The SMILES string of the molecule is CN=C(NCCCN1CCC(C)CC1)NCC1CCCN1CCOC.I. The lowest BCUT2D eigenvalue weighted by molar-refractivity contribution is 0.141. The first-order chi connectivity index (χ1) is 12.2. The van der Waals surface area contributed by atoms with Crippen molar-refractivity contribution in [2.45, 2.75) is 45.1 Å². The van der Waals surface area contributed by atoms with Crippen molar-refractivity contribution in [3.05, 3.63) is 0 Å². The minimum Gasteiger partial charge on any atom is -0.383 e. The molecule has 0 bridgehead atoms. The number of nitrogens with one attached hydrogen (secondary N) is 2. The summed E-state index contributed by atoms with van der Waals surface area (Å²) in [6.45, 7) is 11.1. The second-order valence-corrected chi connectivity index (χ2v) is 7.58. The van der Waals surface area contributed by atoms with Gasteiger partial charge in [-0.1, -0.05) is 6.92 Å². The lowest BCUT2D eigenvalue weighted by atomic mass is 9.99. The van der Waals surface area contributed by atoms with Crippen molar-refractivity contribution in [3.8, 4) is 0 Å². The van der Waals surface area contributed by atoms with Crippen molar-refractivity contribution in [1.29, 1.82) is 0 Å². The van der Waals surface area contributed by atoms with Crippen LogP contribution in [0, 0.1) is 5.92 Å². The van der Waals surface area contributed by atoms with Gasteiger partial charge in [-0.15, -0.1) is 24.0 Å². The highest BCUT2D eigenvalue weighted by molar-refractivity contribution is 14.0. The van der Waals surface area contributed by atoms with Crippen molar-refractivity contribution >= 4 is 29.9 Å². The summed E-state index contributed by atoms with van der Waals surface area (Å²) in [4.78, 5) is 9.50. The van der Waals surface area contributed by atoms with Gasteiger partial charge in [0.2, 0.25) is 0 Å². The zero-order chi connectivity index (χ0) is 17.9. The summed E-state index contributed by atoms with van der Waals surface area (Å²) < 4.78 is 5.22. The fourth-order valence-electron chi connectivity index (χ4n) is 3.86. The van der Waals surface area contributed by atoms with E-state index in [-0.39, 0.29) is 24.0 Å². The second-order valence-electron chi connectivity index (χ2n) is 7.58. The maximum absolute atomic E-state index is 5.22. The first-order valence-electron chi connectivity index (χ1n) is 10.1. The molecule has 0 aromatic heterocycles. The van der Waals surface area contributed by atoms with Gasteiger partial charge in [-0.3, -0.25) is 9.89 Å². The average molecular weight is 481 g/mol. The molecule has 0 aromatic rings. The summed E-state index contributed by atoms with van der Waals surface area (Å²) >= 11 is 0. The molecule has 2 aliphatic heterocycles. The van der Waals surface area contributed by atoms with Crippen LogP contribution in [0.15, 0.2) is 4.99 Å². The van der Waals surface area contributed by atoms with E-state index in [9.17, 15) is 0 Å². The van der Waals surface area contributed by atoms with Crippen LogP contribution in [0.2, 0.25) is 0 Å². The highest BCUT2D eigenvalue weighted by Crippen LogP contribution is 2.16. The Balaban J connectivity index is 0.00000338. The van der Waals surface area contributed by atoms with E-state index in [1.165, 1.54) is 58.3 Å². The van der Waals surface area contributed by atoms with Crippen LogP contribution in [0.3, 0.4) is 0 Å². The van der Waals surface area contributed by atoms with Gasteiger partial charge in [-0.2, -0.15) is 0 Å². The molecular formula is C19H40IN5O. The van der Waals surface area contributed by atoms with Crippen molar-refractivity contribution in [2.24, 2.45) is 10.9 Å². The van der Waals surface area contributed by atoms with Gasteiger partial charge < -0.3 is 20.3 Å². The standard InChI is InChI=1S/C19H39N5O.HI/c1-17-7-12-23(13-8-17)10-5-9-21-19(20-2)22-16-18-6-4-11-24(18)14-15-25-3;/h17-18H,4-16H2,1-3H3,(H2,20,21,22);1H. The highest BCUT2D eigenvalue weighted by Gasteiger charge is 2.23. The van der Waals surface area contributed by atoms with Crippen LogP contribution in [-0.2, 0) is 4.74 Å². The Morgan fingerprint density at radius 3 is 2.58 bits per heavy atom. The smallest absolute Gasteiger partial charge is 0.191 e. The summed E-state index contributed by atoms with van der Waals surface area (Å²) in [5.41, 5.74) is 0. The Hall–Kier alpha value is -0.120. The Morgan fingerprint density at radius 1 is 1.12 bits per heavy atom. The van der Waals surface area contributed by atoms with E-state index in [0.29, 0.717) is 6.04 Å². The summed E-state index contributed by atoms with van der Waals surface area (Å²) in [5, 5.41) is 6.97. The van der Waals surface area contributed by atoms with Crippen LogP contribution in [0.1, 0.15) is 39.0 Å². The Labute approximate surface area is 177 Å². The van der Waals surface area contributed by atoms with Crippen LogP contribution < -0.4 is 10.6 Å². The van der Waals surface area contributed by atoms with E-state index in [4.69, 9.17) is 4.74 Å². The molecule has 0 aromatic carbocycles. The number of ether oxygens (including phenoxy) is 1. The molecule has 2 N–H and O–H groups in total. The topological polar surface area (TPSA) is 52.1 Å². The third kappa shape index (κ3) is 8.71. The summed E-state index contributed by atoms with van der Waals surface area (Å²) in [5.74, 6) is 1.85. The average Bonchev–Trinajstić information content (AvgIpc) is 3.08. The second kappa shape index (κ2) is 14.0. The minimum absolute atomic E-state index is 0.